The monoisotopic (exact) mass is 549 g/mol. The summed E-state index contributed by atoms with van der Waals surface area (Å²) in [6, 6.07) is 1.95. The number of nitrogens with one attached hydrogen (secondary N) is 3. The van der Waals surface area contributed by atoms with Crippen LogP contribution in [-0.4, -0.2) is 83.2 Å². The molecule has 0 radical (unpaired) electrons. The maximum atomic E-state index is 13.2. The van der Waals surface area contributed by atoms with Crippen LogP contribution in [0.2, 0.25) is 5.02 Å². The van der Waals surface area contributed by atoms with Crippen LogP contribution in [0.25, 0.3) is 0 Å². The van der Waals surface area contributed by atoms with Gasteiger partial charge in [-0.1, -0.05) is 11.6 Å². The molecule has 1 saturated carbocycles. The van der Waals surface area contributed by atoms with Gasteiger partial charge < -0.3 is 25.8 Å². The molecule has 1 aliphatic heterocycles. The van der Waals surface area contributed by atoms with E-state index in [0.29, 0.717) is 29.3 Å². The number of anilines is 1. The fourth-order valence-electron chi connectivity index (χ4n) is 4.60. The second-order valence-corrected chi connectivity index (χ2v) is 11.1. The van der Waals surface area contributed by atoms with Crippen molar-refractivity contribution >= 4 is 52.4 Å². The van der Waals surface area contributed by atoms with Gasteiger partial charge in [0.2, 0.25) is 5.91 Å². The molecule has 0 bridgehead atoms. The largest absolute Gasteiger partial charge is 0.349 e. The minimum absolute atomic E-state index is 0.0386. The lowest BCUT2D eigenvalue weighted by Crippen LogP contribution is -2.57. The van der Waals surface area contributed by atoms with Gasteiger partial charge in [0.15, 0.2) is 5.01 Å². The highest BCUT2D eigenvalue weighted by atomic mass is 35.5. The van der Waals surface area contributed by atoms with Gasteiger partial charge in [0.25, 0.3) is 5.91 Å². The van der Waals surface area contributed by atoms with Crippen LogP contribution in [0.5, 0.6) is 0 Å². The minimum Gasteiger partial charge on any atom is -0.349 e. The molecule has 198 valence electrons. The van der Waals surface area contributed by atoms with Gasteiger partial charge in [-0.2, -0.15) is 0 Å². The van der Waals surface area contributed by atoms with Crippen molar-refractivity contribution in [3.8, 4) is 0 Å². The molecule has 1 fully saturated rings. The molecule has 3 atom stereocenters. The van der Waals surface area contributed by atoms with E-state index in [4.69, 9.17) is 11.6 Å². The van der Waals surface area contributed by atoms with Crippen LogP contribution in [0.3, 0.4) is 0 Å². The number of thiazole rings is 1. The van der Waals surface area contributed by atoms with E-state index in [0.717, 1.165) is 30.1 Å². The Labute approximate surface area is 224 Å². The topological polar surface area (TPSA) is 137 Å². The number of nitrogens with zero attached hydrogens (tertiary/aromatic N) is 4. The second-order valence-electron chi connectivity index (χ2n) is 9.60. The summed E-state index contributed by atoms with van der Waals surface area (Å²) in [5.74, 6) is -2.25. The van der Waals surface area contributed by atoms with E-state index in [-0.39, 0.29) is 23.6 Å². The van der Waals surface area contributed by atoms with Gasteiger partial charge in [-0.25, -0.2) is 9.97 Å². The van der Waals surface area contributed by atoms with Crippen LogP contribution >= 0.6 is 22.9 Å². The molecule has 3 heterocycles. The number of amides is 4. The Bertz CT molecular complexity index is 1190. The van der Waals surface area contributed by atoms with Gasteiger partial charge in [0, 0.05) is 56.6 Å². The Morgan fingerprint density at radius 2 is 1.97 bits per heavy atom. The molecule has 0 saturated heterocycles. The van der Waals surface area contributed by atoms with Crippen molar-refractivity contribution in [3.05, 3.63) is 38.9 Å². The third-order valence-corrected chi connectivity index (χ3v) is 7.87. The highest BCUT2D eigenvalue weighted by Crippen LogP contribution is 2.28. The van der Waals surface area contributed by atoms with Crippen LogP contribution in [0.15, 0.2) is 18.3 Å². The van der Waals surface area contributed by atoms with E-state index in [1.54, 1.807) is 20.2 Å². The van der Waals surface area contributed by atoms with E-state index in [1.807, 2.05) is 7.05 Å². The van der Waals surface area contributed by atoms with Gasteiger partial charge in [-0.05, 0) is 38.4 Å². The third-order valence-electron chi connectivity index (χ3n) is 6.56. The first-order valence-electron chi connectivity index (χ1n) is 12.0. The quantitative estimate of drug-likeness (QED) is 0.478. The summed E-state index contributed by atoms with van der Waals surface area (Å²) >= 11 is 7.17. The zero-order valence-corrected chi connectivity index (χ0v) is 22.5. The van der Waals surface area contributed by atoms with Crippen molar-refractivity contribution in [3.63, 3.8) is 0 Å². The van der Waals surface area contributed by atoms with E-state index in [2.05, 4.69) is 30.8 Å². The van der Waals surface area contributed by atoms with E-state index >= 15 is 0 Å². The Hall–Kier alpha value is -3.09. The number of fused-ring (bicyclic) bond motifs is 1. The van der Waals surface area contributed by atoms with Gasteiger partial charge in [0.1, 0.15) is 5.82 Å². The number of hydrogen-bond acceptors (Lipinski definition) is 8. The number of rotatable bonds is 5. The molecular weight excluding hydrogens is 520 g/mol. The van der Waals surface area contributed by atoms with Crippen molar-refractivity contribution in [2.75, 3.05) is 33.0 Å². The number of hydrogen-bond donors (Lipinski definition) is 3. The zero-order chi connectivity index (χ0) is 26.7. The molecular formula is C24H30ClN7O4S. The normalized spacial score (nSPS) is 21.5. The van der Waals surface area contributed by atoms with Gasteiger partial charge in [-0.3, -0.25) is 19.2 Å². The van der Waals surface area contributed by atoms with Gasteiger partial charge >= 0.3 is 11.8 Å². The predicted molar refractivity (Wildman–Crippen MR) is 139 cm³/mol. The predicted octanol–water partition coefficient (Wildman–Crippen LogP) is 1.29. The number of carbonyl (C=O) groups is 4. The number of pyridine rings is 1. The molecule has 0 spiro atoms. The lowest BCUT2D eigenvalue weighted by atomic mass is 9.81. The molecule has 2 aromatic heterocycles. The fourth-order valence-corrected chi connectivity index (χ4v) is 5.80. The molecule has 3 N–H and O–H groups in total. The molecule has 2 aromatic rings. The van der Waals surface area contributed by atoms with Gasteiger partial charge in [0.05, 0.1) is 16.8 Å². The first kappa shape index (κ1) is 27.0. The van der Waals surface area contributed by atoms with Crippen LogP contribution < -0.4 is 16.0 Å². The third kappa shape index (κ3) is 6.62. The number of halogens is 1. The van der Waals surface area contributed by atoms with Crippen molar-refractivity contribution in [1.82, 2.24) is 30.4 Å². The molecule has 2 aliphatic rings. The zero-order valence-electron chi connectivity index (χ0n) is 20.9. The average molecular weight is 550 g/mol. The highest BCUT2D eigenvalue weighted by Gasteiger charge is 2.37. The van der Waals surface area contributed by atoms with Crippen molar-refractivity contribution < 1.29 is 19.2 Å². The Morgan fingerprint density at radius 1 is 1.19 bits per heavy atom. The van der Waals surface area contributed by atoms with E-state index in [1.165, 1.54) is 28.5 Å². The van der Waals surface area contributed by atoms with Crippen molar-refractivity contribution in [1.29, 1.82) is 0 Å². The van der Waals surface area contributed by atoms with Crippen LogP contribution in [0.4, 0.5) is 5.82 Å². The molecule has 0 aromatic carbocycles. The van der Waals surface area contributed by atoms with Crippen LogP contribution in [0, 0.1) is 5.92 Å². The van der Waals surface area contributed by atoms with Gasteiger partial charge in [-0.15, -0.1) is 11.3 Å². The summed E-state index contributed by atoms with van der Waals surface area (Å²) in [5, 5.41) is 8.91. The summed E-state index contributed by atoms with van der Waals surface area (Å²) in [6.07, 6.45) is 3.42. The number of carbonyl (C=O) groups excluding carboxylic acids is 4. The van der Waals surface area contributed by atoms with Crippen molar-refractivity contribution in [2.45, 2.75) is 44.3 Å². The van der Waals surface area contributed by atoms with E-state index in [9.17, 15) is 19.2 Å². The summed E-state index contributed by atoms with van der Waals surface area (Å²) in [4.78, 5) is 64.3. The summed E-state index contributed by atoms with van der Waals surface area (Å²) in [6.45, 7) is 1.63. The Balaban J connectivity index is 1.45. The fraction of sp³-hybridized carbons (Fsp3) is 0.500. The Kier molecular flexibility index (Phi) is 8.40. The summed E-state index contributed by atoms with van der Waals surface area (Å²) in [5.41, 5.74) is 0.940. The molecule has 4 amide bonds. The molecule has 0 unspecified atom stereocenters. The molecule has 37 heavy (non-hydrogen) atoms. The first-order valence-corrected chi connectivity index (χ1v) is 13.2. The lowest BCUT2D eigenvalue weighted by molar-refractivity contribution is -0.137. The molecule has 4 rings (SSSR count). The maximum Gasteiger partial charge on any atom is 0.314 e. The number of likely N-dealkylation sites (N-methyl/N-ethyl adjacent to an activating group) is 1. The van der Waals surface area contributed by atoms with E-state index < -0.39 is 23.9 Å². The second kappa shape index (κ2) is 11.5. The summed E-state index contributed by atoms with van der Waals surface area (Å²) < 4.78 is 0. The number of aromatic nitrogens is 2. The molecule has 11 nitrogen and oxygen atoms in total. The average Bonchev–Trinajstić information content (AvgIpc) is 3.29. The minimum atomic E-state index is -0.886. The Morgan fingerprint density at radius 3 is 2.68 bits per heavy atom. The maximum absolute atomic E-state index is 13.2. The van der Waals surface area contributed by atoms with Crippen molar-refractivity contribution in [2.24, 2.45) is 5.92 Å². The smallest absolute Gasteiger partial charge is 0.314 e. The first-order chi connectivity index (χ1) is 17.6. The molecule has 13 heteroatoms. The standard InChI is InChI=1S/C24H30ClN7O4S/c1-31(2)24(36)13-4-6-15(27-20(33)21(34)30-19-7-5-14(25)11-26-19)17(10-13)28-22(35)23-29-16-8-9-32(3)12-18(16)37-23/h5,7,11,13,15,17H,4,6,8-10,12H2,1-3H3,(H,27,33)(H,28,35)(H,26,30,34)/t13-,15-,17+/m0/s1/i22+2. The van der Waals surface area contributed by atoms with Crippen LogP contribution in [-0.2, 0) is 27.3 Å². The highest BCUT2D eigenvalue weighted by molar-refractivity contribution is 7.13. The summed E-state index contributed by atoms with van der Waals surface area (Å²) in [7, 11) is 5.41. The van der Waals surface area contributed by atoms with Crippen LogP contribution in [0.1, 0.15) is 39.6 Å². The SMILES string of the molecule is CN1CCc2nc([14C](=O)N[C@@H]3C[C@@H](C(=O)N(C)C)CC[C@@H]3NC(=O)C(=O)Nc3ccc(Cl)cn3)sc2C1. The lowest BCUT2D eigenvalue weighted by Gasteiger charge is -2.37. The molecule has 1 aliphatic carbocycles.